The largest absolute Gasteiger partial charge is 0.366 e. The van der Waals surface area contributed by atoms with Crippen LogP contribution >= 0.6 is 0 Å². The fourth-order valence-corrected chi connectivity index (χ4v) is 5.29. The van der Waals surface area contributed by atoms with Gasteiger partial charge < -0.3 is 16.0 Å². The number of fused-ring (bicyclic) bond motifs is 1. The molecule has 36 heavy (non-hydrogen) atoms. The SMILES string of the molecule is Cc1cccc(C)c1-n1nc2c(c1-c1ccc(NC(N)=O)cc1)CN(c1ccccc1C(C)C)CC2. The van der Waals surface area contributed by atoms with Crippen molar-refractivity contribution in [3.8, 4) is 16.9 Å². The molecule has 0 bridgehead atoms. The number of rotatable bonds is 5. The minimum Gasteiger partial charge on any atom is -0.366 e. The number of hydrogen-bond acceptors (Lipinski definition) is 3. The second kappa shape index (κ2) is 9.53. The molecule has 1 aliphatic heterocycles. The number of aromatic nitrogens is 2. The molecule has 3 aromatic carbocycles. The van der Waals surface area contributed by atoms with Gasteiger partial charge in [0.2, 0.25) is 0 Å². The zero-order chi connectivity index (χ0) is 25.4. The predicted octanol–water partition coefficient (Wildman–Crippen LogP) is 6.33. The van der Waals surface area contributed by atoms with Crippen LogP contribution < -0.4 is 16.0 Å². The van der Waals surface area contributed by atoms with Crippen LogP contribution in [0.2, 0.25) is 0 Å². The Balaban J connectivity index is 1.65. The Labute approximate surface area is 212 Å². The first-order valence-corrected chi connectivity index (χ1v) is 12.5. The number of anilines is 2. The third kappa shape index (κ3) is 4.35. The molecule has 184 valence electrons. The molecular formula is C30H33N5O. The van der Waals surface area contributed by atoms with Gasteiger partial charge in [-0.2, -0.15) is 5.10 Å². The van der Waals surface area contributed by atoms with E-state index in [9.17, 15) is 4.79 Å². The predicted molar refractivity (Wildman–Crippen MR) is 147 cm³/mol. The number of para-hydroxylation sites is 2. The smallest absolute Gasteiger partial charge is 0.316 e. The number of nitrogens with two attached hydrogens (primary N) is 1. The van der Waals surface area contributed by atoms with E-state index in [1.165, 1.54) is 27.9 Å². The maximum atomic E-state index is 11.3. The van der Waals surface area contributed by atoms with E-state index >= 15 is 0 Å². The number of amides is 2. The molecular weight excluding hydrogens is 446 g/mol. The Bertz CT molecular complexity index is 1400. The van der Waals surface area contributed by atoms with Crippen molar-refractivity contribution in [2.75, 3.05) is 16.8 Å². The van der Waals surface area contributed by atoms with Crippen LogP contribution in [0.4, 0.5) is 16.2 Å². The maximum absolute atomic E-state index is 11.3. The summed E-state index contributed by atoms with van der Waals surface area (Å²) in [4.78, 5) is 13.8. The Morgan fingerprint density at radius 2 is 1.67 bits per heavy atom. The molecule has 2 heterocycles. The number of nitrogens with one attached hydrogen (secondary N) is 1. The number of hydrogen-bond donors (Lipinski definition) is 2. The Morgan fingerprint density at radius 1 is 0.972 bits per heavy atom. The van der Waals surface area contributed by atoms with E-state index in [0.29, 0.717) is 11.6 Å². The average Bonchev–Trinajstić information content (AvgIpc) is 3.22. The van der Waals surface area contributed by atoms with Crippen LogP contribution in [-0.2, 0) is 13.0 Å². The van der Waals surface area contributed by atoms with Crippen molar-refractivity contribution in [1.82, 2.24) is 9.78 Å². The molecule has 6 nitrogen and oxygen atoms in total. The van der Waals surface area contributed by atoms with Crippen LogP contribution in [0, 0.1) is 13.8 Å². The summed E-state index contributed by atoms with van der Waals surface area (Å²) in [7, 11) is 0. The summed E-state index contributed by atoms with van der Waals surface area (Å²) in [6.45, 7) is 10.5. The molecule has 0 aliphatic carbocycles. The summed E-state index contributed by atoms with van der Waals surface area (Å²) < 4.78 is 2.13. The van der Waals surface area contributed by atoms with E-state index in [-0.39, 0.29) is 0 Å². The van der Waals surface area contributed by atoms with Crippen LogP contribution in [0.1, 0.15) is 47.7 Å². The highest BCUT2D eigenvalue weighted by Gasteiger charge is 2.28. The van der Waals surface area contributed by atoms with Crippen LogP contribution in [-0.4, -0.2) is 22.4 Å². The topological polar surface area (TPSA) is 76.2 Å². The highest BCUT2D eigenvalue weighted by atomic mass is 16.2. The summed E-state index contributed by atoms with van der Waals surface area (Å²) in [6.07, 6.45) is 0.883. The highest BCUT2D eigenvalue weighted by molar-refractivity contribution is 5.88. The van der Waals surface area contributed by atoms with Crippen molar-refractivity contribution in [3.05, 3.63) is 94.7 Å². The Kier molecular flexibility index (Phi) is 6.27. The second-order valence-corrected chi connectivity index (χ2v) is 9.88. The maximum Gasteiger partial charge on any atom is 0.316 e. The molecule has 6 heteroatoms. The first kappa shape index (κ1) is 23.7. The zero-order valence-electron chi connectivity index (χ0n) is 21.4. The van der Waals surface area contributed by atoms with E-state index < -0.39 is 6.03 Å². The number of benzene rings is 3. The molecule has 1 aliphatic rings. The minimum atomic E-state index is -0.569. The van der Waals surface area contributed by atoms with E-state index in [1.54, 1.807) is 0 Å². The van der Waals surface area contributed by atoms with Gasteiger partial charge in [0.1, 0.15) is 0 Å². The third-order valence-electron chi connectivity index (χ3n) is 7.01. The molecule has 5 rings (SSSR count). The quantitative estimate of drug-likeness (QED) is 0.351. The zero-order valence-corrected chi connectivity index (χ0v) is 21.4. The number of carbonyl (C=O) groups excluding carboxylic acids is 1. The van der Waals surface area contributed by atoms with Crippen LogP contribution in [0.15, 0.2) is 66.7 Å². The first-order chi connectivity index (χ1) is 17.3. The number of carbonyl (C=O) groups is 1. The standard InChI is InChI=1S/C30H33N5O/c1-19(2)24-10-5-6-11-27(24)34-17-16-26-25(18-34)29(22-12-14-23(15-13-22)32-30(31)36)35(33-26)28-20(3)8-7-9-21(28)4/h5-15,19H,16-18H2,1-4H3,(H3,31,32,36). The summed E-state index contributed by atoms with van der Waals surface area (Å²) in [5.41, 5.74) is 16.7. The normalized spacial score (nSPS) is 13.1. The van der Waals surface area contributed by atoms with Gasteiger partial charge in [-0.3, -0.25) is 0 Å². The fraction of sp³-hybridized carbons (Fsp3) is 0.267. The van der Waals surface area contributed by atoms with Gasteiger partial charge in [-0.15, -0.1) is 0 Å². The lowest BCUT2D eigenvalue weighted by molar-refractivity contribution is 0.259. The van der Waals surface area contributed by atoms with Crippen LogP contribution in [0.3, 0.4) is 0 Å². The van der Waals surface area contributed by atoms with Crippen LogP contribution in [0.5, 0.6) is 0 Å². The number of nitrogens with zero attached hydrogens (tertiary/aromatic N) is 3. The summed E-state index contributed by atoms with van der Waals surface area (Å²) in [6, 6.07) is 22.4. The third-order valence-corrected chi connectivity index (χ3v) is 7.01. The first-order valence-electron chi connectivity index (χ1n) is 12.5. The number of urea groups is 1. The van der Waals surface area contributed by atoms with Crippen molar-refractivity contribution in [3.63, 3.8) is 0 Å². The van der Waals surface area contributed by atoms with Gasteiger partial charge in [-0.05, 0) is 54.7 Å². The second-order valence-electron chi connectivity index (χ2n) is 9.88. The summed E-state index contributed by atoms with van der Waals surface area (Å²) >= 11 is 0. The number of primary amides is 1. The van der Waals surface area contributed by atoms with Crippen LogP contribution in [0.25, 0.3) is 16.9 Å². The lowest BCUT2D eigenvalue weighted by Gasteiger charge is -2.31. The van der Waals surface area contributed by atoms with Crippen molar-refractivity contribution < 1.29 is 4.79 Å². The summed E-state index contributed by atoms with van der Waals surface area (Å²) in [5, 5.41) is 7.83. The fourth-order valence-electron chi connectivity index (χ4n) is 5.29. The molecule has 0 saturated carbocycles. The Hall–Kier alpha value is -4.06. The molecule has 4 aromatic rings. The van der Waals surface area contributed by atoms with Gasteiger partial charge in [0.25, 0.3) is 0 Å². The van der Waals surface area contributed by atoms with Gasteiger partial charge in [0.05, 0.1) is 17.1 Å². The van der Waals surface area contributed by atoms with Gasteiger partial charge in [-0.25, -0.2) is 9.48 Å². The molecule has 1 aromatic heterocycles. The molecule has 2 amide bonds. The van der Waals surface area contributed by atoms with E-state index in [1.807, 2.05) is 24.3 Å². The van der Waals surface area contributed by atoms with Crippen molar-refractivity contribution in [2.24, 2.45) is 5.73 Å². The molecule has 0 atom stereocenters. The molecule has 0 unspecified atom stereocenters. The Morgan fingerprint density at radius 3 is 2.33 bits per heavy atom. The van der Waals surface area contributed by atoms with E-state index in [0.717, 1.165) is 42.1 Å². The molecule has 0 fully saturated rings. The van der Waals surface area contributed by atoms with E-state index in [2.05, 4.69) is 85.1 Å². The summed E-state index contributed by atoms with van der Waals surface area (Å²) in [5.74, 6) is 0.449. The highest BCUT2D eigenvalue weighted by Crippen LogP contribution is 2.37. The lowest BCUT2D eigenvalue weighted by atomic mass is 9.96. The van der Waals surface area contributed by atoms with Gasteiger partial charge in [0, 0.05) is 42.0 Å². The van der Waals surface area contributed by atoms with Crippen molar-refractivity contribution in [1.29, 1.82) is 0 Å². The van der Waals surface area contributed by atoms with Gasteiger partial charge >= 0.3 is 6.03 Å². The van der Waals surface area contributed by atoms with Gasteiger partial charge in [-0.1, -0.05) is 62.4 Å². The minimum absolute atomic E-state index is 0.449. The molecule has 0 radical (unpaired) electrons. The molecule has 0 spiro atoms. The lowest BCUT2D eigenvalue weighted by Crippen LogP contribution is -2.31. The average molecular weight is 480 g/mol. The number of aryl methyl sites for hydroxylation is 2. The monoisotopic (exact) mass is 479 g/mol. The van der Waals surface area contributed by atoms with Gasteiger partial charge in [0.15, 0.2) is 0 Å². The van der Waals surface area contributed by atoms with Crippen molar-refractivity contribution in [2.45, 2.75) is 46.6 Å². The molecule has 3 N–H and O–H groups in total. The molecule has 0 saturated heterocycles. The van der Waals surface area contributed by atoms with Crippen molar-refractivity contribution >= 4 is 17.4 Å². The van der Waals surface area contributed by atoms with E-state index in [4.69, 9.17) is 10.8 Å².